The lowest BCUT2D eigenvalue weighted by molar-refractivity contribution is 0.140. The monoisotopic (exact) mass is 393 g/mol. The molecule has 0 unspecified atom stereocenters. The van der Waals surface area contributed by atoms with E-state index in [0.717, 1.165) is 37.0 Å². The van der Waals surface area contributed by atoms with Crippen molar-refractivity contribution >= 4 is 5.82 Å². The molecule has 0 bridgehead atoms. The lowest BCUT2D eigenvalue weighted by atomic mass is 9.93. The van der Waals surface area contributed by atoms with E-state index in [9.17, 15) is 0 Å². The molecule has 1 aliphatic carbocycles. The highest BCUT2D eigenvalue weighted by atomic mass is 16.5. The topological polar surface area (TPSA) is 37.4 Å². The summed E-state index contributed by atoms with van der Waals surface area (Å²) in [4.78, 5) is 7.76. The molecule has 1 atom stereocenters. The summed E-state index contributed by atoms with van der Waals surface area (Å²) in [7, 11) is 1.71. The summed E-state index contributed by atoms with van der Waals surface area (Å²) in [6.45, 7) is 2.19. The van der Waals surface area contributed by atoms with Gasteiger partial charge >= 0.3 is 0 Å². The maximum absolute atomic E-state index is 5.23. The van der Waals surface area contributed by atoms with E-state index >= 15 is 0 Å². The lowest BCUT2D eigenvalue weighted by Crippen LogP contribution is -2.36. The van der Waals surface area contributed by atoms with Gasteiger partial charge in [-0.1, -0.05) is 37.5 Å². The maximum Gasteiger partial charge on any atom is 0.126 e. The zero-order valence-corrected chi connectivity index (χ0v) is 17.8. The van der Waals surface area contributed by atoms with Crippen molar-refractivity contribution in [3.63, 3.8) is 0 Å². The van der Waals surface area contributed by atoms with Gasteiger partial charge in [-0.05, 0) is 74.9 Å². The number of hydrogen-bond donors (Lipinski definition) is 1. The number of likely N-dealkylation sites (tertiary alicyclic amines) is 1. The van der Waals surface area contributed by atoms with Crippen LogP contribution in [0.2, 0.25) is 0 Å². The molecule has 2 heterocycles. The fourth-order valence-corrected chi connectivity index (χ4v) is 4.99. The molecule has 1 aliphatic heterocycles. The summed E-state index contributed by atoms with van der Waals surface area (Å²) in [5.74, 6) is 1.94. The van der Waals surface area contributed by atoms with Crippen LogP contribution in [0.3, 0.4) is 0 Å². The molecule has 0 amide bonds. The van der Waals surface area contributed by atoms with Crippen LogP contribution >= 0.6 is 0 Å². The zero-order chi connectivity index (χ0) is 19.9. The Morgan fingerprint density at radius 2 is 1.83 bits per heavy atom. The first-order chi connectivity index (χ1) is 14.3. The van der Waals surface area contributed by atoms with Gasteiger partial charge in [-0.15, -0.1) is 0 Å². The van der Waals surface area contributed by atoms with Crippen LogP contribution in [0.1, 0.15) is 68.7 Å². The molecule has 2 fully saturated rings. The van der Waals surface area contributed by atoms with Crippen molar-refractivity contribution in [1.82, 2.24) is 9.88 Å². The van der Waals surface area contributed by atoms with Crippen molar-refractivity contribution in [2.24, 2.45) is 0 Å². The number of benzene rings is 1. The predicted octanol–water partition coefficient (Wildman–Crippen LogP) is 5.60. The Labute approximate surface area is 175 Å². The molecule has 4 rings (SSSR count). The molecular formula is C25H35N3O. The lowest BCUT2D eigenvalue weighted by Gasteiger charge is -2.35. The third kappa shape index (κ3) is 5.30. The van der Waals surface area contributed by atoms with Gasteiger partial charge in [0, 0.05) is 12.6 Å². The number of anilines is 1. The number of hydrogen-bond acceptors (Lipinski definition) is 4. The second-order valence-electron chi connectivity index (χ2n) is 8.51. The number of nitrogens with one attached hydrogen (secondary N) is 1. The molecule has 1 aromatic heterocycles. The number of aromatic nitrogens is 1. The van der Waals surface area contributed by atoms with Crippen molar-refractivity contribution < 1.29 is 4.74 Å². The summed E-state index contributed by atoms with van der Waals surface area (Å²) in [5.41, 5.74) is 2.61. The zero-order valence-electron chi connectivity index (χ0n) is 17.8. The fourth-order valence-electron chi connectivity index (χ4n) is 4.99. The highest BCUT2D eigenvalue weighted by molar-refractivity contribution is 5.36. The van der Waals surface area contributed by atoms with Gasteiger partial charge in [-0.3, -0.25) is 4.90 Å². The molecule has 0 spiro atoms. The van der Waals surface area contributed by atoms with Crippen LogP contribution in [-0.4, -0.2) is 36.1 Å². The minimum Gasteiger partial charge on any atom is -0.497 e. The van der Waals surface area contributed by atoms with Gasteiger partial charge in [0.15, 0.2) is 0 Å². The van der Waals surface area contributed by atoms with Gasteiger partial charge in [0.1, 0.15) is 11.6 Å². The van der Waals surface area contributed by atoms with Crippen LogP contribution in [0.4, 0.5) is 5.82 Å². The number of rotatable bonds is 8. The standard InChI is InChI=1S/C25H35N3O/c1-29-22-16-14-20(15-17-22)8-6-18-26-25-13-5-11-23(27-25)24-12-7-19-28(24)21-9-3-2-4-10-21/h5,11,13-17,21,24H,2-4,6-10,12,18-19H2,1H3,(H,26,27)/t24-/m1/s1. The second-order valence-corrected chi connectivity index (χ2v) is 8.51. The molecule has 2 aliphatic rings. The normalized spacial score (nSPS) is 20.7. The Hall–Kier alpha value is -2.07. The van der Waals surface area contributed by atoms with E-state index in [1.54, 1.807) is 7.11 Å². The van der Waals surface area contributed by atoms with Gasteiger partial charge in [0.2, 0.25) is 0 Å². The third-order valence-corrected chi connectivity index (χ3v) is 6.56. The minimum atomic E-state index is 0.513. The van der Waals surface area contributed by atoms with Gasteiger partial charge in [0.25, 0.3) is 0 Å². The van der Waals surface area contributed by atoms with Crippen molar-refractivity contribution in [2.75, 3.05) is 25.5 Å². The first-order valence-corrected chi connectivity index (χ1v) is 11.4. The number of nitrogens with zero attached hydrogens (tertiary/aromatic N) is 2. The first kappa shape index (κ1) is 20.2. The van der Waals surface area contributed by atoms with E-state index in [4.69, 9.17) is 9.72 Å². The molecule has 1 aromatic carbocycles. The number of methoxy groups -OCH3 is 1. The van der Waals surface area contributed by atoms with Crippen molar-refractivity contribution in [2.45, 2.75) is 69.9 Å². The van der Waals surface area contributed by atoms with Crippen molar-refractivity contribution in [3.05, 3.63) is 53.7 Å². The van der Waals surface area contributed by atoms with Gasteiger partial charge in [-0.25, -0.2) is 4.98 Å². The summed E-state index contributed by atoms with van der Waals surface area (Å²) < 4.78 is 5.23. The van der Waals surface area contributed by atoms with E-state index in [0.29, 0.717) is 6.04 Å². The van der Waals surface area contributed by atoms with Crippen LogP contribution in [0.25, 0.3) is 0 Å². The molecule has 0 radical (unpaired) electrons. The predicted molar refractivity (Wildman–Crippen MR) is 120 cm³/mol. The third-order valence-electron chi connectivity index (χ3n) is 6.56. The number of aryl methyl sites for hydroxylation is 1. The van der Waals surface area contributed by atoms with E-state index in [2.05, 4.69) is 40.5 Å². The summed E-state index contributed by atoms with van der Waals surface area (Å²) in [5, 5.41) is 3.54. The van der Waals surface area contributed by atoms with Crippen LogP contribution in [0.15, 0.2) is 42.5 Å². The highest BCUT2D eigenvalue weighted by Gasteiger charge is 2.33. The van der Waals surface area contributed by atoms with Crippen LogP contribution in [0.5, 0.6) is 5.75 Å². The van der Waals surface area contributed by atoms with Crippen molar-refractivity contribution in [3.8, 4) is 5.75 Å². The Morgan fingerprint density at radius 3 is 2.62 bits per heavy atom. The smallest absolute Gasteiger partial charge is 0.126 e. The maximum atomic E-state index is 5.23. The quantitative estimate of drug-likeness (QED) is 0.592. The molecule has 1 N–H and O–H groups in total. The van der Waals surface area contributed by atoms with E-state index < -0.39 is 0 Å². The fraction of sp³-hybridized carbons (Fsp3) is 0.560. The molecule has 29 heavy (non-hydrogen) atoms. The average Bonchev–Trinajstić information content (AvgIpc) is 3.28. The minimum absolute atomic E-state index is 0.513. The van der Waals surface area contributed by atoms with E-state index in [1.807, 2.05) is 12.1 Å². The summed E-state index contributed by atoms with van der Waals surface area (Å²) >= 11 is 0. The van der Waals surface area contributed by atoms with Crippen molar-refractivity contribution in [1.29, 1.82) is 0 Å². The second kappa shape index (κ2) is 10.1. The number of ether oxygens (including phenoxy) is 1. The Kier molecular flexibility index (Phi) is 7.04. The average molecular weight is 394 g/mol. The SMILES string of the molecule is COc1ccc(CCCNc2cccc([C@H]3CCCN3C3CCCCC3)n2)cc1. The largest absolute Gasteiger partial charge is 0.497 e. The van der Waals surface area contributed by atoms with Crippen LogP contribution in [0, 0.1) is 0 Å². The van der Waals surface area contributed by atoms with E-state index in [1.165, 1.54) is 62.7 Å². The van der Waals surface area contributed by atoms with Gasteiger partial charge < -0.3 is 10.1 Å². The molecule has 156 valence electrons. The highest BCUT2D eigenvalue weighted by Crippen LogP contribution is 2.37. The molecule has 2 aromatic rings. The van der Waals surface area contributed by atoms with Gasteiger partial charge in [0.05, 0.1) is 18.8 Å². The molecule has 4 nitrogen and oxygen atoms in total. The molecule has 1 saturated carbocycles. The molecular weight excluding hydrogens is 358 g/mol. The Balaban J connectivity index is 1.30. The summed E-state index contributed by atoms with van der Waals surface area (Å²) in [6, 6.07) is 16.2. The molecule has 4 heteroatoms. The number of pyridine rings is 1. The van der Waals surface area contributed by atoms with Crippen LogP contribution < -0.4 is 10.1 Å². The first-order valence-electron chi connectivity index (χ1n) is 11.4. The molecule has 1 saturated heterocycles. The van der Waals surface area contributed by atoms with Gasteiger partial charge in [-0.2, -0.15) is 0 Å². The summed E-state index contributed by atoms with van der Waals surface area (Å²) in [6.07, 6.45) is 11.7. The van der Waals surface area contributed by atoms with E-state index in [-0.39, 0.29) is 0 Å². The Morgan fingerprint density at radius 1 is 1.00 bits per heavy atom. The Bertz CT molecular complexity index is 755. The van der Waals surface area contributed by atoms with Crippen LogP contribution in [-0.2, 0) is 6.42 Å².